The fourth-order valence-electron chi connectivity index (χ4n) is 1.66. The zero-order chi connectivity index (χ0) is 11.3. The Morgan fingerprint density at radius 3 is 2.47 bits per heavy atom. The monoisotopic (exact) mass is 209 g/mol. The summed E-state index contributed by atoms with van der Waals surface area (Å²) in [5, 5.41) is 4.00. The molecule has 0 radical (unpaired) electrons. The van der Waals surface area contributed by atoms with Crippen molar-refractivity contribution < 1.29 is 4.52 Å². The van der Waals surface area contributed by atoms with Crippen molar-refractivity contribution in [3.63, 3.8) is 0 Å². The van der Waals surface area contributed by atoms with E-state index >= 15 is 0 Å². The molecule has 4 nitrogen and oxygen atoms in total. The molecule has 0 bridgehead atoms. The van der Waals surface area contributed by atoms with Crippen LogP contribution in [0.4, 0.5) is 0 Å². The third-order valence-electron chi connectivity index (χ3n) is 3.65. The Morgan fingerprint density at radius 2 is 2.07 bits per heavy atom. The molecule has 2 rings (SSSR count). The lowest BCUT2D eigenvalue weighted by Gasteiger charge is -2.27. The summed E-state index contributed by atoms with van der Waals surface area (Å²) in [7, 11) is 0. The van der Waals surface area contributed by atoms with Crippen LogP contribution < -0.4 is 5.73 Å². The van der Waals surface area contributed by atoms with Gasteiger partial charge >= 0.3 is 0 Å². The van der Waals surface area contributed by atoms with E-state index in [1.54, 1.807) is 0 Å². The maximum Gasteiger partial charge on any atom is 0.229 e. The van der Waals surface area contributed by atoms with Crippen LogP contribution in [0.25, 0.3) is 0 Å². The fourth-order valence-corrected chi connectivity index (χ4v) is 1.66. The van der Waals surface area contributed by atoms with Gasteiger partial charge in [0.15, 0.2) is 5.82 Å². The van der Waals surface area contributed by atoms with E-state index < -0.39 is 5.54 Å². The molecule has 0 amide bonds. The molecule has 1 saturated carbocycles. The Bertz CT molecular complexity index is 364. The first-order chi connectivity index (χ1) is 6.87. The predicted octanol–water partition coefficient (Wildman–Crippen LogP) is 2.17. The summed E-state index contributed by atoms with van der Waals surface area (Å²) in [6, 6.07) is 0. The number of rotatable bonds is 3. The van der Waals surface area contributed by atoms with Gasteiger partial charge in [0, 0.05) is 5.92 Å². The highest BCUT2D eigenvalue weighted by molar-refractivity contribution is 5.15. The average Bonchev–Trinajstić information content (AvgIpc) is 2.73. The van der Waals surface area contributed by atoms with Crippen LogP contribution in [0.5, 0.6) is 0 Å². The van der Waals surface area contributed by atoms with Crippen LogP contribution in [-0.2, 0) is 5.54 Å². The van der Waals surface area contributed by atoms with E-state index in [9.17, 15) is 0 Å². The summed E-state index contributed by atoms with van der Waals surface area (Å²) in [6.45, 7) is 8.24. The summed E-state index contributed by atoms with van der Waals surface area (Å²) in [5.41, 5.74) is 5.98. The van der Waals surface area contributed by atoms with Crippen molar-refractivity contribution >= 4 is 0 Å². The second-order valence-electron chi connectivity index (χ2n) is 5.37. The molecule has 0 aliphatic heterocycles. The van der Waals surface area contributed by atoms with Crippen molar-refractivity contribution in [3.8, 4) is 0 Å². The van der Waals surface area contributed by atoms with Gasteiger partial charge in [0.25, 0.3) is 0 Å². The molecule has 2 N–H and O–H groups in total. The third-order valence-corrected chi connectivity index (χ3v) is 3.65. The molecule has 0 aromatic carbocycles. The summed E-state index contributed by atoms with van der Waals surface area (Å²) < 4.78 is 5.19. The van der Waals surface area contributed by atoms with Gasteiger partial charge < -0.3 is 10.3 Å². The van der Waals surface area contributed by atoms with Gasteiger partial charge in [-0.3, -0.25) is 0 Å². The van der Waals surface area contributed by atoms with Crippen LogP contribution in [-0.4, -0.2) is 10.1 Å². The summed E-state index contributed by atoms with van der Waals surface area (Å²) in [5.74, 6) is 1.58. The SMILES string of the molecule is CC(C)c1nc(C(C)(N)C2(C)CC2)no1. The van der Waals surface area contributed by atoms with Crippen LogP contribution >= 0.6 is 0 Å². The number of aromatic nitrogens is 2. The van der Waals surface area contributed by atoms with Crippen LogP contribution in [0, 0.1) is 5.41 Å². The molecule has 84 valence electrons. The number of hydrogen-bond donors (Lipinski definition) is 1. The molecule has 1 aromatic heterocycles. The van der Waals surface area contributed by atoms with Crippen LogP contribution in [0.15, 0.2) is 4.52 Å². The van der Waals surface area contributed by atoms with Crippen LogP contribution in [0.2, 0.25) is 0 Å². The lowest BCUT2D eigenvalue weighted by molar-refractivity contribution is 0.268. The Kier molecular flexibility index (Phi) is 2.15. The molecule has 1 fully saturated rings. The fraction of sp³-hybridized carbons (Fsp3) is 0.818. The van der Waals surface area contributed by atoms with Gasteiger partial charge in [-0.15, -0.1) is 0 Å². The quantitative estimate of drug-likeness (QED) is 0.828. The lowest BCUT2D eigenvalue weighted by Crippen LogP contribution is -2.42. The van der Waals surface area contributed by atoms with E-state index in [4.69, 9.17) is 10.3 Å². The minimum atomic E-state index is -0.469. The van der Waals surface area contributed by atoms with E-state index in [0.717, 1.165) is 12.8 Å². The van der Waals surface area contributed by atoms with E-state index in [-0.39, 0.29) is 11.3 Å². The van der Waals surface area contributed by atoms with Gasteiger partial charge in [-0.05, 0) is 25.2 Å². The lowest BCUT2D eigenvalue weighted by atomic mass is 9.84. The van der Waals surface area contributed by atoms with Gasteiger partial charge in [0.2, 0.25) is 5.89 Å². The Morgan fingerprint density at radius 1 is 1.47 bits per heavy atom. The second-order valence-corrected chi connectivity index (χ2v) is 5.37. The van der Waals surface area contributed by atoms with Gasteiger partial charge in [-0.2, -0.15) is 4.98 Å². The molecule has 4 heteroatoms. The number of nitrogens with zero attached hydrogens (tertiary/aromatic N) is 2. The summed E-state index contributed by atoms with van der Waals surface area (Å²) in [4.78, 5) is 4.39. The Hall–Kier alpha value is -0.900. The molecule has 1 aliphatic rings. The van der Waals surface area contributed by atoms with Gasteiger partial charge in [-0.25, -0.2) is 0 Å². The van der Waals surface area contributed by atoms with E-state index in [1.165, 1.54) is 0 Å². The maximum absolute atomic E-state index is 6.31. The standard InChI is InChI=1S/C11H19N3O/c1-7(2)8-13-9(14-15-8)11(4,12)10(3)5-6-10/h7H,5-6,12H2,1-4H3. The van der Waals surface area contributed by atoms with Crippen molar-refractivity contribution in [1.29, 1.82) is 0 Å². The van der Waals surface area contributed by atoms with Crippen molar-refractivity contribution in [3.05, 3.63) is 11.7 Å². The first-order valence-electron chi connectivity index (χ1n) is 5.50. The second kappa shape index (κ2) is 3.04. The Balaban J connectivity index is 2.29. The van der Waals surface area contributed by atoms with E-state index in [1.807, 2.05) is 20.8 Å². The minimum Gasteiger partial charge on any atom is -0.339 e. The van der Waals surface area contributed by atoms with E-state index in [2.05, 4.69) is 17.1 Å². The molecule has 1 aliphatic carbocycles. The van der Waals surface area contributed by atoms with Crippen molar-refractivity contribution in [2.75, 3.05) is 0 Å². The first-order valence-corrected chi connectivity index (χ1v) is 5.50. The first kappa shape index (κ1) is 10.6. The van der Waals surface area contributed by atoms with E-state index in [0.29, 0.717) is 11.7 Å². The highest BCUT2D eigenvalue weighted by Crippen LogP contribution is 2.55. The maximum atomic E-state index is 6.31. The topological polar surface area (TPSA) is 64.9 Å². The third kappa shape index (κ3) is 1.57. The molecule has 1 atom stereocenters. The largest absolute Gasteiger partial charge is 0.339 e. The van der Waals surface area contributed by atoms with Crippen molar-refractivity contribution in [1.82, 2.24) is 10.1 Å². The molecule has 1 heterocycles. The zero-order valence-electron chi connectivity index (χ0n) is 9.87. The number of nitrogens with two attached hydrogens (primary N) is 1. The van der Waals surface area contributed by atoms with Gasteiger partial charge in [0.1, 0.15) is 0 Å². The average molecular weight is 209 g/mol. The molecule has 1 unspecified atom stereocenters. The molecular formula is C11H19N3O. The highest BCUT2D eigenvalue weighted by atomic mass is 16.5. The van der Waals surface area contributed by atoms with Crippen molar-refractivity contribution in [2.45, 2.75) is 52.0 Å². The smallest absolute Gasteiger partial charge is 0.229 e. The van der Waals surface area contributed by atoms with Crippen LogP contribution in [0.1, 0.15) is 58.2 Å². The molecular weight excluding hydrogens is 190 g/mol. The molecule has 1 aromatic rings. The summed E-state index contributed by atoms with van der Waals surface area (Å²) >= 11 is 0. The van der Waals surface area contributed by atoms with Crippen LogP contribution in [0.3, 0.4) is 0 Å². The highest BCUT2D eigenvalue weighted by Gasteiger charge is 2.54. The minimum absolute atomic E-state index is 0.144. The predicted molar refractivity (Wildman–Crippen MR) is 57.3 cm³/mol. The molecule has 0 saturated heterocycles. The normalized spacial score (nSPS) is 22.8. The van der Waals surface area contributed by atoms with Gasteiger partial charge in [-0.1, -0.05) is 25.9 Å². The van der Waals surface area contributed by atoms with Crippen molar-refractivity contribution in [2.24, 2.45) is 11.1 Å². The Labute approximate surface area is 90.2 Å². The molecule has 15 heavy (non-hydrogen) atoms. The number of hydrogen-bond acceptors (Lipinski definition) is 4. The zero-order valence-corrected chi connectivity index (χ0v) is 9.87. The summed E-state index contributed by atoms with van der Waals surface area (Å²) in [6.07, 6.45) is 2.29. The molecule has 0 spiro atoms. The van der Waals surface area contributed by atoms with Gasteiger partial charge in [0.05, 0.1) is 5.54 Å².